The Bertz CT molecular complexity index is 345. The Morgan fingerprint density at radius 2 is 1.89 bits per heavy atom. The molecule has 1 aromatic heterocycles. The minimum Gasteiger partial charge on any atom is -0.330 e. The highest BCUT2D eigenvalue weighted by atomic mass is 32.1. The van der Waals surface area contributed by atoms with Crippen LogP contribution in [0.25, 0.3) is 0 Å². The molecular formula is C15H26N2S. The monoisotopic (exact) mass is 266 g/mol. The number of hydrogen-bond acceptors (Lipinski definition) is 3. The van der Waals surface area contributed by atoms with Crippen molar-refractivity contribution in [3.05, 3.63) is 21.4 Å². The first-order chi connectivity index (χ1) is 8.69. The Hall–Kier alpha value is -0.380. The van der Waals surface area contributed by atoms with Crippen LogP contribution < -0.4 is 11.1 Å². The van der Waals surface area contributed by atoms with E-state index in [-0.39, 0.29) is 0 Å². The summed E-state index contributed by atoms with van der Waals surface area (Å²) in [6.07, 6.45) is 5.38. The summed E-state index contributed by atoms with van der Waals surface area (Å²) in [5, 5.41) is 3.62. The average molecular weight is 266 g/mol. The molecule has 2 rings (SSSR count). The molecule has 3 heteroatoms. The molecule has 1 aliphatic rings. The van der Waals surface area contributed by atoms with Crippen LogP contribution in [-0.2, 0) is 6.54 Å². The van der Waals surface area contributed by atoms with Gasteiger partial charge in [-0.15, -0.1) is 11.3 Å². The fourth-order valence-corrected chi connectivity index (χ4v) is 3.83. The third kappa shape index (κ3) is 3.81. The summed E-state index contributed by atoms with van der Waals surface area (Å²) < 4.78 is 0. The highest BCUT2D eigenvalue weighted by molar-refractivity contribution is 7.12. The lowest BCUT2D eigenvalue weighted by atomic mass is 9.82. The van der Waals surface area contributed by atoms with Gasteiger partial charge in [-0.2, -0.15) is 0 Å². The topological polar surface area (TPSA) is 38.0 Å². The second-order valence-electron chi connectivity index (χ2n) is 5.71. The van der Waals surface area contributed by atoms with Gasteiger partial charge in [0.25, 0.3) is 0 Å². The van der Waals surface area contributed by atoms with E-state index in [1.807, 2.05) is 11.3 Å². The van der Waals surface area contributed by atoms with Gasteiger partial charge < -0.3 is 11.1 Å². The zero-order chi connectivity index (χ0) is 13.0. The molecule has 3 N–H and O–H groups in total. The molecule has 0 spiro atoms. The van der Waals surface area contributed by atoms with Crippen LogP contribution in [0, 0.1) is 25.7 Å². The largest absolute Gasteiger partial charge is 0.330 e. The lowest BCUT2D eigenvalue weighted by Gasteiger charge is -2.27. The molecule has 0 unspecified atom stereocenters. The van der Waals surface area contributed by atoms with Crippen molar-refractivity contribution in [3.8, 4) is 0 Å². The van der Waals surface area contributed by atoms with Crippen LogP contribution in [0.15, 0.2) is 6.07 Å². The first-order valence-corrected chi connectivity index (χ1v) is 7.97. The van der Waals surface area contributed by atoms with E-state index in [2.05, 4.69) is 25.2 Å². The van der Waals surface area contributed by atoms with E-state index in [1.165, 1.54) is 47.5 Å². The van der Waals surface area contributed by atoms with Crippen LogP contribution in [0.2, 0.25) is 0 Å². The number of thiophene rings is 1. The van der Waals surface area contributed by atoms with Gasteiger partial charge in [0.15, 0.2) is 0 Å². The fourth-order valence-electron chi connectivity index (χ4n) is 2.81. The second-order valence-corrected chi connectivity index (χ2v) is 7.05. The van der Waals surface area contributed by atoms with Crippen molar-refractivity contribution in [2.45, 2.75) is 46.1 Å². The molecular weight excluding hydrogens is 240 g/mol. The Morgan fingerprint density at radius 1 is 1.22 bits per heavy atom. The van der Waals surface area contributed by atoms with Crippen LogP contribution in [0.1, 0.15) is 41.0 Å². The number of nitrogens with two attached hydrogens (primary N) is 1. The Kier molecular flexibility index (Phi) is 5.22. The van der Waals surface area contributed by atoms with Gasteiger partial charge in [-0.25, -0.2) is 0 Å². The van der Waals surface area contributed by atoms with E-state index in [1.54, 1.807) is 0 Å². The highest BCUT2D eigenvalue weighted by Gasteiger charge is 2.19. The van der Waals surface area contributed by atoms with Gasteiger partial charge >= 0.3 is 0 Å². The third-order valence-electron chi connectivity index (χ3n) is 4.25. The van der Waals surface area contributed by atoms with Crippen molar-refractivity contribution in [2.75, 3.05) is 13.1 Å². The lowest BCUT2D eigenvalue weighted by Crippen LogP contribution is -2.28. The van der Waals surface area contributed by atoms with Crippen molar-refractivity contribution < 1.29 is 0 Å². The number of aryl methyl sites for hydroxylation is 2. The fraction of sp³-hybridized carbons (Fsp3) is 0.733. The second kappa shape index (κ2) is 6.69. The Labute approximate surface area is 115 Å². The predicted octanol–water partition coefficient (Wildman–Crippen LogP) is 3.22. The summed E-state index contributed by atoms with van der Waals surface area (Å²) in [4.78, 5) is 2.93. The molecule has 0 amide bonds. The van der Waals surface area contributed by atoms with Crippen LogP contribution in [0.3, 0.4) is 0 Å². The SMILES string of the molecule is Cc1cc(CNCC2CCC(CN)CC2)sc1C. The summed E-state index contributed by atoms with van der Waals surface area (Å²) in [7, 11) is 0. The molecule has 0 radical (unpaired) electrons. The van der Waals surface area contributed by atoms with Crippen LogP contribution in [-0.4, -0.2) is 13.1 Å². The maximum atomic E-state index is 5.73. The summed E-state index contributed by atoms with van der Waals surface area (Å²) >= 11 is 1.93. The molecule has 0 aromatic carbocycles. The maximum absolute atomic E-state index is 5.73. The normalized spacial score (nSPS) is 24.4. The Balaban J connectivity index is 1.67. The van der Waals surface area contributed by atoms with E-state index >= 15 is 0 Å². The predicted molar refractivity (Wildman–Crippen MR) is 80.0 cm³/mol. The first kappa shape index (κ1) is 14.0. The molecule has 1 heterocycles. The van der Waals surface area contributed by atoms with E-state index in [0.29, 0.717) is 0 Å². The molecule has 1 aromatic rings. The number of rotatable bonds is 5. The maximum Gasteiger partial charge on any atom is 0.0300 e. The minimum absolute atomic E-state index is 0.795. The van der Waals surface area contributed by atoms with Gasteiger partial charge in [-0.05, 0) is 76.1 Å². The lowest BCUT2D eigenvalue weighted by molar-refractivity contribution is 0.272. The van der Waals surface area contributed by atoms with Gasteiger partial charge in [-0.1, -0.05) is 0 Å². The first-order valence-electron chi connectivity index (χ1n) is 7.15. The summed E-state index contributed by atoms with van der Waals surface area (Å²) in [6, 6.07) is 2.32. The van der Waals surface area contributed by atoms with Crippen molar-refractivity contribution >= 4 is 11.3 Å². The molecule has 1 aliphatic carbocycles. The Morgan fingerprint density at radius 3 is 2.44 bits per heavy atom. The van der Waals surface area contributed by atoms with Crippen molar-refractivity contribution in [2.24, 2.45) is 17.6 Å². The summed E-state index contributed by atoms with van der Waals surface area (Å²) in [5.74, 6) is 1.67. The van der Waals surface area contributed by atoms with Gasteiger partial charge in [0, 0.05) is 16.3 Å². The quantitative estimate of drug-likeness (QED) is 0.859. The molecule has 0 bridgehead atoms. The van der Waals surface area contributed by atoms with E-state index < -0.39 is 0 Å². The van der Waals surface area contributed by atoms with Crippen LogP contribution >= 0.6 is 11.3 Å². The minimum atomic E-state index is 0.795. The molecule has 1 fully saturated rings. The third-order valence-corrected chi connectivity index (χ3v) is 5.40. The van der Waals surface area contributed by atoms with Crippen molar-refractivity contribution in [1.82, 2.24) is 5.32 Å². The molecule has 2 nitrogen and oxygen atoms in total. The van der Waals surface area contributed by atoms with E-state index in [0.717, 1.165) is 24.9 Å². The smallest absolute Gasteiger partial charge is 0.0300 e. The molecule has 0 saturated heterocycles. The summed E-state index contributed by atoms with van der Waals surface area (Å²) in [5.41, 5.74) is 7.16. The number of hydrogen-bond donors (Lipinski definition) is 2. The van der Waals surface area contributed by atoms with Gasteiger partial charge in [0.2, 0.25) is 0 Å². The van der Waals surface area contributed by atoms with Crippen LogP contribution in [0.5, 0.6) is 0 Å². The van der Waals surface area contributed by atoms with E-state index in [4.69, 9.17) is 5.73 Å². The van der Waals surface area contributed by atoms with Crippen molar-refractivity contribution in [1.29, 1.82) is 0 Å². The molecule has 18 heavy (non-hydrogen) atoms. The van der Waals surface area contributed by atoms with E-state index in [9.17, 15) is 0 Å². The molecule has 0 atom stereocenters. The van der Waals surface area contributed by atoms with Crippen LogP contribution in [0.4, 0.5) is 0 Å². The standard InChI is InChI=1S/C15H26N2S/c1-11-7-15(18-12(11)2)10-17-9-14-5-3-13(8-16)4-6-14/h7,13-14,17H,3-6,8-10,16H2,1-2H3. The van der Waals surface area contributed by atoms with Gasteiger partial charge in [0.05, 0.1) is 0 Å². The average Bonchev–Trinajstić information content (AvgIpc) is 2.69. The zero-order valence-electron chi connectivity index (χ0n) is 11.7. The summed E-state index contributed by atoms with van der Waals surface area (Å²) in [6.45, 7) is 7.50. The number of nitrogens with one attached hydrogen (secondary N) is 1. The van der Waals surface area contributed by atoms with Gasteiger partial charge in [-0.3, -0.25) is 0 Å². The molecule has 1 saturated carbocycles. The van der Waals surface area contributed by atoms with Crippen molar-refractivity contribution in [3.63, 3.8) is 0 Å². The molecule has 0 aliphatic heterocycles. The highest BCUT2D eigenvalue weighted by Crippen LogP contribution is 2.27. The van der Waals surface area contributed by atoms with Gasteiger partial charge in [0.1, 0.15) is 0 Å². The molecule has 102 valence electrons. The zero-order valence-corrected chi connectivity index (χ0v) is 12.5.